The number of fused-ring (bicyclic) bond motifs is 3. The van der Waals surface area contributed by atoms with Gasteiger partial charge in [0, 0.05) is 48.9 Å². The fourth-order valence-electron chi connectivity index (χ4n) is 5.75. The Labute approximate surface area is 217 Å². The van der Waals surface area contributed by atoms with Crippen LogP contribution in [0.3, 0.4) is 0 Å². The van der Waals surface area contributed by atoms with E-state index in [4.69, 9.17) is 19.9 Å². The van der Waals surface area contributed by atoms with Gasteiger partial charge in [-0.25, -0.2) is 0 Å². The van der Waals surface area contributed by atoms with Gasteiger partial charge < -0.3 is 40.4 Å². The Bertz CT molecular complexity index is 1370. The summed E-state index contributed by atoms with van der Waals surface area (Å²) in [4.78, 5) is 39.5. The molecule has 2 aliphatic carbocycles. The summed E-state index contributed by atoms with van der Waals surface area (Å²) in [6, 6.07) is 3.61. The van der Waals surface area contributed by atoms with Crippen molar-refractivity contribution < 1.29 is 49.0 Å². The van der Waals surface area contributed by atoms with Gasteiger partial charge in [0.15, 0.2) is 17.4 Å². The topological polar surface area (TPSA) is 186 Å². The molecule has 5 rings (SSSR count). The maximum Gasteiger partial charge on any atom is 0.233 e. The molecule has 0 bridgehead atoms. The number of aliphatic hydroxyl groups excluding tert-OH is 1. The smallest absolute Gasteiger partial charge is 0.233 e. The molecule has 1 fully saturated rings. The van der Waals surface area contributed by atoms with E-state index in [2.05, 4.69) is 0 Å². The van der Waals surface area contributed by atoms with Crippen LogP contribution >= 0.6 is 0 Å². The Morgan fingerprint density at radius 3 is 2.39 bits per heavy atom. The van der Waals surface area contributed by atoms with E-state index in [9.17, 15) is 34.8 Å². The first kappa shape index (κ1) is 26.3. The van der Waals surface area contributed by atoms with Crippen LogP contribution < -0.4 is 10.5 Å². The molecule has 11 heteroatoms. The van der Waals surface area contributed by atoms with Crippen LogP contribution in [0.5, 0.6) is 17.2 Å². The molecule has 1 heterocycles. The predicted octanol–water partition coefficient (Wildman–Crippen LogP) is 0.858. The van der Waals surface area contributed by atoms with Crippen molar-refractivity contribution in [3.05, 3.63) is 51.6 Å². The van der Waals surface area contributed by atoms with Gasteiger partial charge in [0.1, 0.15) is 17.2 Å². The summed E-state index contributed by atoms with van der Waals surface area (Å²) in [5.74, 6) is -6.85. The largest absolute Gasteiger partial charge is 0.507 e. The molecule has 6 N–H and O–H groups in total. The van der Waals surface area contributed by atoms with Crippen molar-refractivity contribution >= 4 is 17.3 Å². The highest BCUT2D eigenvalue weighted by molar-refractivity contribution is 6.31. The zero-order valence-electron chi connectivity index (χ0n) is 21.1. The maximum atomic E-state index is 13.4. The van der Waals surface area contributed by atoms with Gasteiger partial charge in [-0.05, 0) is 19.4 Å². The van der Waals surface area contributed by atoms with Crippen LogP contribution in [0.25, 0.3) is 0 Å². The molecule has 1 aliphatic heterocycles. The Balaban J connectivity index is 1.57. The number of ether oxygens (including phenoxy) is 3. The minimum atomic E-state index is -2.07. The number of ketones is 3. The average Bonchev–Trinajstić information content (AvgIpc) is 2.87. The molecule has 0 saturated carbocycles. The summed E-state index contributed by atoms with van der Waals surface area (Å²) in [5.41, 5.74) is 5.48. The number of carbonyl (C=O) groups is 3. The van der Waals surface area contributed by atoms with Crippen LogP contribution in [0.2, 0.25) is 0 Å². The molecule has 3 aliphatic rings. The normalized spacial score (nSPS) is 30.3. The van der Waals surface area contributed by atoms with E-state index in [1.54, 1.807) is 0 Å². The molecular weight excluding hydrogens is 498 g/mol. The summed E-state index contributed by atoms with van der Waals surface area (Å²) in [6.45, 7) is 2.74. The number of hydrogen-bond acceptors (Lipinski definition) is 11. The maximum absolute atomic E-state index is 13.4. The van der Waals surface area contributed by atoms with Crippen molar-refractivity contribution in [2.24, 2.45) is 5.73 Å². The lowest BCUT2D eigenvalue weighted by Crippen LogP contribution is -2.63. The summed E-state index contributed by atoms with van der Waals surface area (Å²) in [6.07, 6.45) is -2.77. The van der Waals surface area contributed by atoms with E-state index >= 15 is 0 Å². The first-order valence-corrected chi connectivity index (χ1v) is 12.2. The predicted molar refractivity (Wildman–Crippen MR) is 130 cm³/mol. The second-order valence-corrected chi connectivity index (χ2v) is 10.2. The average molecular weight is 528 g/mol. The Morgan fingerprint density at radius 1 is 1.11 bits per heavy atom. The third kappa shape index (κ3) is 3.73. The number of nitrogens with two attached hydrogens (primary N) is 1. The van der Waals surface area contributed by atoms with E-state index < -0.39 is 65.1 Å². The molecule has 2 aromatic carbocycles. The van der Waals surface area contributed by atoms with Gasteiger partial charge >= 0.3 is 0 Å². The monoisotopic (exact) mass is 527 g/mol. The second kappa shape index (κ2) is 8.85. The second-order valence-electron chi connectivity index (χ2n) is 10.2. The molecular formula is C27H29NO10. The first-order valence-electron chi connectivity index (χ1n) is 12.2. The molecule has 0 spiro atoms. The number of aliphatic hydroxyl groups is 2. The van der Waals surface area contributed by atoms with E-state index in [0.29, 0.717) is 0 Å². The van der Waals surface area contributed by atoms with Gasteiger partial charge in [0.2, 0.25) is 11.6 Å². The lowest BCUT2D eigenvalue weighted by Gasteiger charge is -2.47. The van der Waals surface area contributed by atoms with Crippen molar-refractivity contribution in [2.75, 3.05) is 7.11 Å². The van der Waals surface area contributed by atoms with E-state index in [-0.39, 0.29) is 58.4 Å². The van der Waals surface area contributed by atoms with Crippen LogP contribution in [0, 0.1) is 0 Å². The molecule has 2 aromatic rings. The number of benzene rings is 2. The van der Waals surface area contributed by atoms with Gasteiger partial charge in [0.25, 0.3) is 0 Å². The van der Waals surface area contributed by atoms with Crippen LogP contribution in [0.4, 0.5) is 0 Å². The molecule has 1 unspecified atom stereocenters. The van der Waals surface area contributed by atoms with Gasteiger partial charge in [0.05, 0.1) is 36.0 Å². The van der Waals surface area contributed by atoms with Crippen molar-refractivity contribution in [2.45, 2.75) is 69.4 Å². The quantitative estimate of drug-likeness (QED) is 0.239. The van der Waals surface area contributed by atoms with E-state index in [1.807, 2.05) is 0 Å². The van der Waals surface area contributed by atoms with Crippen LogP contribution in [0.15, 0.2) is 18.2 Å². The lowest BCUT2D eigenvalue weighted by molar-refractivity contribution is -0.361. The van der Waals surface area contributed by atoms with E-state index in [1.165, 1.54) is 39.2 Å². The minimum absolute atomic E-state index is 0.00601. The molecule has 0 aromatic heterocycles. The number of rotatable bonds is 4. The van der Waals surface area contributed by atoms with Crippen LogP contribution in [-0.2, 0) is 27.1 Å². The van der Waals surface area contributed by atoms with Gasteiger partial charge in [-0.2, -0.15) is 0 Å². The highest BCUT2D eigenvalue weighted by Gasteiger charge is 2.54. The Morgan fingerprint density at radius 2 is 1.76 bits per heavy atom. The first-order chi connectivity index (χ1) is 17.8. The minimum Gasteiger partial charge on any atom is -0.507 e. The highest BCUT2D eigenvalue weighted by Crippen LogP contribution is 2.49. The number of hydrogen-bond donors (Lipinski definition) is 5. The lowest BCUT2D eigenvalue weighted by atomic mass is 9.76. The number of aromatic hydroxyl groups is 2. The summed E-state index contributed by atoms with van der Waals surface area (Å²) < 4.78 is 16.9. The number of methoxy groups -OCH3 is 1. The summed E-state index contributed by atoms with van der Waals surface area (Å²) in [5, 5.41) is 44.0. The number of phenols is 2. The molecule has 0 amide bonds. The third-order valence-electron chi connectivity index (χ3n) is 7.74. The summed E-state index contributed by atoms with van der Waals surface area (Å²) in [7, 11) is 1.35. The number of carbonyl (C=O) groups excluding carboxylic acids is 3. The Hall–Kier alpha value is -3.35. The SMILES string of the molecule is COc1cccc2c1C(=O)c1c(O)c3c(c(O)c1C2=O)CC(O)(O[C@]1(C(C)=O)C[C@H](N)[C@H](O)[C@H](C)O1)CC3. The molecule has 5 atom stereocenters. The van der Waals surface area contributed by atoms with Gasteiger partial charge in [-0.1, -0.05) is 12.1 Å². The van der Waals surface area contributed by atoms with Crippen molar-refractivity contribution in [1.29, 1.82) is 0 Å². The number of phenolic OH excluding ortho intramolecular Hbond substituents is 2. The van der Waals surface area contributed by atoms with Gasteiger partial charge in [-0.15, -0.1) is 0 Å². The fourth-order valence-corrected chi connectivity index (χ4v) is 5.75. The Kier molecular flexibility index (Phi) is 6.12. The third-order valence-corrected chi connectivity index (χ3v) is 7.74. The molecule has 202 valence electrons. The fraction of sp³-hybridized carbons (Fsp3) is 0.444. The standard InChI is InChI=1S/C27H29NO10/c1-11-21(30)16(28)10-27(37-11,12(2)29)38-26(35)8-7-13-15(9-26)24(33)19-20(22(13)31)25(34)18-14(23(19)32)5-4-6-17(18)36-3/h4-6,11,16,21,30-31,33,35H,7-10,28H2,1-3H3/t11-,16-,21+,26?,27-/m0/s1. The molecule has 11 nitrogen and oxygen atoms in total. The molecule has 38 heavy (non-hydrogen) atoms. The van der Waals surface area contributed by atoms with Crippen molar-refractivity contribution in [3.8, 4) is 17.2 Å². The van der Waals surface area contributed by atoms with E-state index in [0.717, 1.165) is 0 Å². The molecule has 0 radical (unpaired) electrons. The van der Waals surface area contributed by atoms with Gasteiger partial charge in [-0.3, -0.25) is 14.4 Å². The zero-order valence-corrected chi connectivity index (χ0v) is 21.1. The van der Waals surface area contributed by atoms with Crippen LogP contribution in [0.1, 0.15) is 69.7 Å². The number of Topliss-reactive ketones (excluding diaryl/α,β-unsaturated/α-hetero) is 1. The molecule has 1 saturated heterocycles. The summed E-state index contributed by atoms with van der Waals surface area (Å²) >= 11 is 0. The highest BCUT2D eigenvalue weighted by atomic mass is 16.8. The van der Waals surface area contributed by atoms with Crippen molar-refractivity contribution in [3.63, 3.8) is 0 Å². The zero-order chi connectivity index (χ0) is 27.7. The van der Waals surface area contributed by atoms with Crippen molar-refractivity contribution in [1.82, 2.24) is 0 Å². The van der Waals surface area contributed by atoms with Crippen LogP contribution in [-0.4, -0.2) is 74.7 Å².